The highest BCUT2D eigenvalue weighted by molar-refractivity contribution is 6.10. The average molecular weight is 301 g/mol. The Hall–Kier alpha value is -2.38. The van der Waals surface area contributed by atoms with Crippen molar-refractivity contribution in [3.05, 3.63) is 23.8 Å². The number of benzene rings is 1. The Kier molecular flexibility index (Phi) is 3.71. The van der Waals surface area contributed by atoms with E-state index in [9.17, 15) is 27.6 Å². The van der Waals surface area contributed by atoms with Crippen LogP contribution in [0.4, 0.5) is 18.9 Å². The van der Waals surface area contributed by atoms with E-state index in [0.29, 0.717) is 5.75 Å². The summed E-state index contributed by atoms with van der Waals surface area (Å²) in [5.74, 6) is -3.08. The first kappa shape index (κ1) is 15.0. The monoisotopic (exact) mass is 301 g/mol. The zero-order valence-electron chi connectivity index (χ0n) is 10.9. The van der Waals surface area contributed by atoms with E-state index < -0.39 is 24.2 Å². The van der Waals surface area contributed by atoms with Gasteiger partial charge in [0.25, 0.3) is 5.91 Å². The molecule has 1 heterocycles. The van der Waals surface area contributed by atoms with E-state index >= 15 is 0 Å². The lowest BCUT2D eigenvalue weighted by Gasteiger charge is -2.26. The van der Waals surface area contributed by atoms with Crippen LogP contribution in [-0.4, -0.2) is 37.3 Å². The van der Waals surface area contributed by atoms with Gasteiger partial charge < -0.3 is 9.64 Å². The summed E-state index contributed by atoms with van der Waals surface area (Å²) in [6.07, 6.45) is -6.31. The Morgan fingerprint density at radius 2 is 2.00 bits per heavy atom. The number of ketones is 2. The van der Waals surface area contributed by atoms with Crippen LogP contribution in [-0.2, 0) is 9.59 Å². The van der Waals surface area contributed by atoms with Gasteiger partial charge in [0, 0.05) is 12.6 Å². The van der Waals surface area contributed by atoms with Gasteiger partial charge in [-0.15, -0.1) is 0 Å². The average Bonchev–Trinajstić information content (AvgIpc) is 2.41. The van der Waals surface area contributed by atoms with Crippen LogP contribution < -0.4 is 9.64 Å². The third kappa shape index (κ3) is 3.04. The van der Waals surface area contributed by atoms with Crippen LogP contribution in [0.25, 0.3) is 0 Å². The van der Waals surface area contributed by atoms with Crippen LogP contribution in [0.5, 0.6) is 5.75 Å². The van der Waals surface area contributed by atoms with E-state index in [-0.39, 0.29) is 23.8 Å². The Morgan fingerprint density at radius 3 is 2.62 bits per heavy atom. The molecule has 112 valence electrons. The molecule has 0 unspecified atom stereocenters. The number of amides is 1. The first-order chi connectivity index (χ1) is 9.70. The molecule has 0 aliphatic carbocycles. The first-order valence-corrected chi connectivity index (χ1v) is 5.87. The molecule has 0 fully saturated rings. The number of halogens is 3. The molecule has 1 aliphatic heterocycles. The predicted molar refractivity (Wildman–Crippen MR) is 65.4 cm³/mol. The van der Waals surface area contributed by atoms with Gasteiger partial charge in [0.1, 0.15) is 5.75 Å². The van der Waals surface area contributed by atoms with Crippen LogP contribution >= 0.6 is 0 Å². The van der Waals surface area contributed by atoms with E-state index in [2.05, 4.69) is 0 Å². The van der Waals surface area contributed by atoms with Crippen molar-refractivity contribution in [3.8, 4) is 5.75 Å². The van der Waals surface area contributed by atoms with Crippen LogP contribution in [0.2, 0.25) is 0 Å². The van der Waals surface area contributed by atoms with E-state index in [0.717, 1.165) is 0 Å². The third-order valence-corrected chi connectivity index (χ3v) is 3.00. The highest BCUT2D eigenvalue weighted by Gasteiger charge is 2.39. The maximum atomic E-state index is 12.1. The van der Waals surface area contributed by atoms with Crippen LogP contribution in [0.15, 0.2) is 18.2 Å². The standard InChI is InChI=1S/C13H10F3NO4/c1-17-8-4-7(2-3-10(8)21-6-12(17)20)9(18)5-11(19)13(14,15)16/h2-4H,5-6H2,1H3. The van der Waals surface area contributed by atoms with Crippen molar-refractivity contribution < 1.29 is 32.3 Å². The second kappa shape index (κ2) is 5.19. The molecule has 0 bridgehead atoms. The fraction of sp³-hybridized carbons (Fsp3) is 0.308. The highest BCUT2D eigenvalue weighted by Crippen LogP contribution is 2.32. The molecule has 1 aromatic carbocycles. The van der Waals surface area contributed by atoms with Crippen molar-refractivity contribution in [3.63, 3.8) is 0 Å². The predicted octanol–water partition coefficient (Wildman–Crippen LogP) is 1.75. The molecule has 1 amide bonds. The molecule has 5 nitrogen and oxygen atoms in total. The second-order valence-corrected chi connectivity index (χ2v) is 4.44. The number of carbonyl (C=O) groups excluding carboxylic acids is 3. The highest BCUT2D eigenvalue weighted by atomic mass is 19.4. The van der Waals surface area contributed by atoms with Crippen molar-refractivity contribution in [2.24, 2.45) is 0 Å². The summed E-state index contributed by atoms with van der Waals surface area (Å²) in [4.78, 5) is 35.2. The number of likely N-dealkylation sites (N-methyl/N-ethyl adjacent to an activating group) is 1. The lowest BCUT2D eigenvalue weighted by Crippen LogP contribution is -2.35. The van der Waals surface area contributed by atoms with Gasteiger partial charge in [-0.2, -0.15) is 13.2 Å². The molecule has 8 heteroatoms. The van der Waals surface area contributed by atoms with Crippen LogP contribution in [0.1, 0.15) is 16.8 Å². The van der Waals surface area contributed by atoms with Gasteiger partial charge in [-0.3, -0.25) is 14.4 Å². The minimum absolute atomic E-state index is 0.0866. The molecular weight excluding hydrogens is 291 g/mol. The molecule has 0 radical (unpaired) electrons. The van der Waals surface area contributed by atoms with Crippen molar-refractivity contribution in [2.75, 3.05) is 18.6 Å². The van der Waals surface area contributed by atoms with Gasteiger partial charge in [0.05, 0.1) is 12.1 Å². The van der Waals surface area contributed by atoms with Crippen molar-refractivity contribution in [1.29, 1.82) is 0 Å². The number of nitrogens with zero attached hydrogens (tertiary/aromatic N) is 1. The van der Waals surface area contributed by atoms with Gasteiger partial charge in [-0.25, -0.2) is 0 Å². The summed E-state index contributed by atoms with van der Waals surface area (Å²) >= 11 is 0. The number of Topliss-reactive ketones (excluding diaryl/α,β-unsaturated/α-hetero) is 2. The zero-order chi connectivity index (χ0) is 15.8. The molecule has 0 saturated heterocycles. The quantitative estimate of drug-likeness (QED) is 0.630. The van der Waals surface area contributed by atoms with Crippen molar-refractivity contribution >= 4 is 23.2 Å². The zero-order valence-corrected chi connectivity index (χ0v) is 10.9. The Balaban J connectivity index is 2.24. The summed E-state index contributed by atoms with van der Waals surface area (Å²) in [7, 11) is 1.46. The normalized spacial score (nSPS) is 14.5. The minimum atomic E-state index is -5.04. The summed E-state index contributed by atoms with van der Waals surface area (Å²) in [6, 6.07) is 3.87. The van der Waals surface area contributed by atoms with Gasteiger partial charge in [-0.05, 0) is 18.2 Å². The fourth-order valence-electron chi connectivity index (χ4n) is 1.79. The fourth-order valence-corrected chi connectivity index (χ4v) is 1.79. The maximum absolute atomic E-state index is 12.1. The summed E-state index contributed by atoms with van der Waals surface area (Å²) in [6.45, 7) is -0.149. The molecule has 0 aromatic heterocycles. The molecule has 21 heavy (non-hydrogen) atoms. The SMILES string of the molecule is CN1C(=O)COc2ccc(C(=O)CC(=O)C(F)(F)F)cc21. The summed E-state index contributed by atoms with van der Waals surface area (Å²) < 4.78 is 41.5. The van der Waals surface area contributed by atoms with Crippen molar-refractivity contribution in [2.45, 2.75) is 12.6 Å². The number of carbonyl (C=O) groups is 3. The number of fused-ring (bicyclic) bond motifs is 1. The molecular formula is C13H10F3NO4. The molecule has 0 N–H and O–H groups in total. The van der Waals surface area contributed by atoms with E-state index in [1.807, 2.05) is 0 Å². The molecule has 1 aromatic rings. The third-order valence-electron chi connectivity index (χ3n) is 3.00. The second-order valence-electron chi connectivity index (χ2n) is 4.44. The van der Waals surface area contributed by atoms with Crippen LogP contribution in [0.3, 0.4) is 0 Å². The lowest BCUT2D eigenvalue weighted by atomic mass is 10.0. The molecule has 1 aliphatic rings. The number of ether oxygens (including phenoxy) is 1. The van der Waals surface area contributed by atoms with Crippen molar-refractivity contribution in [1.82, 2.24) is 0 Å². The molecule has 0 atom stereocenters. The Labute approximate surface area is 117 Å². The van der Waals surface area contributed by atoms with Gasteiger partial charge >= 0.3 is 6.18 Å². The minimum Gasteiger partial charge on any atom is -0.482 e. The number of anilines is 1. The van der Waals surface area contributed by atoms with E-state index in [4.69, 9.17) is 4.74 Å². The Morgan fingerprint density at radius 1 is 1.33 bits per heavy atom. The number of hydrogen-bond donors (Lipinski definition) is 0. The summed E-state index contributed by atoms with van der Waals surface area (Å²) in [5.41, 5.74) is 0.188. The van der Waals surface area contributed by atoms with E-state index in [1.54, 1.807) is 0 Å². The van der Waals surface area contributed by atoms with Gasteiger partial charge in [0.2, 0.25) is 5.78 Å². The maximum Gasteiger partial charge on any atom is 0.450 e. The molecule has 2 rings (SSSR count). The lowest BCUT2D eigenvalue weighted by molar-refractivity contribution is -0.170. The van der Waals surface area contributed by atoms with E-state index in [1.165, 1.54) is 30.1 Å². The topological polar surface area (TPSA) is 63.7 Å². The van der Waals surface area contributed by atoms with Gasteiger partial charge in [-0.1, -0.05) is 0 Å². The Bertz CT molecular complexity index is 624. The summed E-state index contributed by atoms with van der Waals surface area (Å²) in [5, 5.41) is 0. The van der Waals surface area contributed by atoms with Crippen LogP contribution in [0, 0.1) is 0 Å². The molecule has 0 spiro atoms. The number of rotatable bonds is 3. The largest absolute Gasteiger partial charge is 0.482 e. The molecule has 0 saturated carbocycles. The number of hydrogen-bond acceptors (Lipinski definition) is 4. The number of alkyl halides is 3. The smallest absolute Gasteiger partial charge is 0.450 e. The first-order valence-electron chi connectivity index (χ1n) is 5.87. The van der Waals surface area contributed by atoms with Gasteiger partial charge in [0.15, 0.2) is 12.4 Å².